The summed E-state index contributed by atoms with van der Waals surface area (Å²) >= 11 is 0. The minimum absolute atomic E-state index is 0.464. The van der Waals surface area contributed by atoms with Crippen molar-refractivity contribution >= 4 is 0 Å². The molecule has 1 unspecified atom stereocenters. The SMILES string of the molecule is CC(O)c1cccc(OCCc2ccncc2)c1. The minimum Gasteiger partial charge on any atom is -0.493 e. The number of nitrogens with zero attached hydrogens (tertiary/aromatic N) is 1. The predicted octanol–water partition coefficient (Wildman–Crippen LogP) is 2.76. The van der Waals surface area contributed by atoms with Crippen LogP contribution in [0.4, 0.5) is 0 Å². The number of aromatic nitrogens is 1. The molecule has 94 valence electrons. The monoisotopic (exact) mass is 243 g/mol. The van der Waals surface area contributed by atoms with Crippen LogP contribution in [0.5, 0.6) is 5.75 Å². The van der Waals surface area contributed by atoms with Gasteiger partial charge in [-0.15, -0.1) is 0 Å². The summed E-state index contributed by atoms with van der Waals surface area (Å²) < 4.78 is 5.67. The van der Waals surface area contributed by atoms with Crippen LogP contribution in [0.3, 0.4) is 0 Å². The molecule has 0 spiro atoms. The van der Waals surface area contributed by atoms with Crippen molar-refractivity contribution in [2.24, 2.45) is 0 Å². The van der Waals surface area contributed by atoms with Crippen molar-refractivity contribution in [3.8, 4) is 5.75 Å². The smallest absolute Gasteiger partial charge is 0.119 e. The number of rotatable bonds is 5. The zero-order valence-corrected chi connectivity index (χ0v) is 10.4. The second-order valence-corrected chi connectivity index (χ2v) is 4.20. The van der Waals surface area contributed by atoms with E-state index in [9.17, 15) is 5.11 Å². The van der Waals surface area contributed by atoms with Crippen LogP contribution in [0.1, 0.15) is 24.2 Å². The van der Waals surface area contributed by atoms with E-state index in [1.54, 1.807) is 19.3 Å². The van der Waals surface area contributed by atoms with Gasteiger partial charge in [0.05, 0.1) is 12.7 Å². The fourth-order valence-corrected chi connectivity index (χ4v) is 1.70. The van der Waals surface area contributed by atoms with E-state index in [-0.39, 0.29) is 0 Å². The first-order chi connectivity index (χ1) is 8.75. The fourth-order valence-electron chi connectivity index (χ4n) is 1.70. The Morgan fingerprint density at radius 2 is 2.00 bits per heavy atom. The highest BCUT2D eigenvalue weighted by Gasteiger charge is 2.02. The van der Waals surface area contributed by atoms with E-state index in [0.717, 1.165) is 17.7 Å². The van der Waals surface area contributed by atoms with Crippen LogP contribution in [-0.4, -0.2) is 16.7 Å². The van der Waals surface area contributed by atoms with Crippen LogP contribution in [-0.2, 0) is 6.42 Å². The van der Waals surface area contributed by atoms with Crippen molar-refractivity contribution in [2.75, 3.05) is 6.61 Å². The van der Waals surface area contributed by atoms with E-state index in [1.807, 2.05) is 36.4 Å². The molecule has 0 aliphatic heterocycles. The number of hydrogen-bond acceptors (Lipinski definition) is 3. The standard InChI is InChI=1S/C15H17NO2/c1-12(17)14-3-2-4-15(11-14)18-10-7-13-5-8-16-9-6-13/h2-6,8-9,11-12,17H,7,10H2,1H3. The first kappa shape index (κ1) is 12.6. The average molecular weight is 243 g/mol. The Kier molecular flexibility index (Phi) is 4.31. The van der Waals surface area contributed by atoms with E-state index in [4.69, 9.17) is 4.74 Å². The summed E-state index contributed by atoms with van der Waals surface area (Å²) in [6, 6.07) is 11.5. The normalized spacial score (nSPS) is 12.1. The van der Waals surface area contributed by atoms with Gasteiger partial charge in [-0.3, -0.25) is 4.98 Å². The summed E-state index contributed by atoms with van der Waals surface area (Å²) in [5.41, 5.74) is 2.08. The third-order valence-corrected chi connectivity index (χ3v) is 2.75. The van der Waals surface area contributed by atoms with E-state index in [2.05, 4.69) is 4.98 Å². The highest BCUT2D eigenvalue weighted by atomic mass is 16.5. The average Bonchev–Trinajstić information content (AvgIpc) is 2.40. The van der Waals surface area contributed by atoms with Crippen molar-refractivity contribution < 1.29 is 9.84 Å². The van der Waals surface area contributed by atoms with Crippen molar-refractivity contribution in [2.45, 2.75) is 19.4 Å². The van der Waals surface area contributed by atoms with Gasteiger partial charge in [0.1, 0.15) is 5.75 Å². The molecule has 1 aromatic carbocycles. The second kappa shape index (κ2) is 6.17. The van der Waals surface area contributed by atoms with Crippen LogP contribution < -0.4 is 4.74 Å². The molecule has 2 rings (SSSR count). The van der Waals surface area contributed by atoms with E-state index >= 15 is 0 Å². The molecular formula is C15H17NO2. The molecular weight excluding hydrogens is 226 g/mol. The maximum absolute atomic E-state index is 9.49. The number of hydrogen-bond donors (Lipinski definition) is 1. The summed E-state index contributed by atoms with van der Waals surface area (Å²) in [5.74, 6) is 0.794. The molecule has 0 saturated heterocycles. The number of pyridine rings is 1. The topological polar surface area (TPSA) is 42.4 Å². The van der Waals surface area contributed by atoms with Gasteiger partial charge in [0.15, 0.2) is 0 Å². The molecule has 0 aliphatic rings. The number of ether oxygens (including phenoxy) is 1. The van der Waals surface area contributed by atoms with E-state index in [0.29, 0.717) is 6.61 Å². The van der Waals surface area contributed by atoms with Crippen molar-refractivity contribution in [1.29, 1.82) is 0 Å². The quantitative estimate of drug-likeness (QED) is 0.878. The second-order valence-electron chi connectivity index (χ2n) is 4.20. The molecule has 1 heterocycles. The lowest BCUT2D eigenvalue weighted by molar-refractivity contribution is 0.198. The van der Waals surface area contributed by atoms with Crippen molar-refractivity contribution in [3.05, 3.63) is 59.9 Å². The van der Waals surface area contributed by atoms with Gasteiger partial charge in [0, 0.05) is 18.8 Å². The molecule has 18 heavy (non-hydrogen) atoms. The van der Waals surface area contributed by atoms with Crippen LogP contribution in [0.25, 0.3) is 0 Å². The van der Waals surface area contributed by atoms with E-state index < -0.39 is 6.10 Å². The Balaban J connectivity index is 1.89. The maximum atomic E-state index is 9.49. The molecule has 0 radical (unpaired) electrons. The summed E-state index contributed by atoms with van der Waals surface area (Å²) in [7, 11) is 0. The summed E-state index contributed by atoms with van der Waals surface area (Å²) in [6.07, 6.45) is 3.95. The molecule has 3 nitrogen and oxygen atoms in total. The fraction of sp³-hybridized carbons (Fsp3) is 0.267. The van der Waals surface area contributed by atoms with Crippen molar-refractivity contribution in [1.82, 2.24) is 4.98 Å². The van der Waals surface area contributed by atoms with Gasteiger partial charge >= 0.3 is 0 Å². The minimum atomic E-state index is -0.464. The largest absolute Gasteiger partial charge is 0.493 e. The van der Waals surface area contributed by atoms with Gasteiger partial charge in [0.2, 0.25) is 0 Å². The summed E-state index contributed by atoms with van der Waals surface area (Å²) in [5, 5.41) is 9.49. The number of benzene rings is 1. The lowest BCUT2D eigenvalue weighted by Gasteiger charge is -2.09. The first-order valence-electron chi connectivity index (χ1n) is 6.05. The molecule has 0 bridgehead atoms. The molecule has 0 amide bonds. The van der Waals surface area contributed by atoms with E-state index in [1.165, 1.54) is 5.56 Å². The van der Waals surface area contributed by atoms with Gasteiger partial charge in [0.25, 0.3) is 0 Å². The first-order valence-corrected chi connectivity index (χ1v) is 6.05. The van der Waals surface area contributed by atoms with Gasteiger partial charge in [-0.1, -0.05) is 12.1 Å². The lowest BCUT2D eigenvalue weighted by Crippen LogP contribution is -2.02. The molecule has 3 heteroatoms. The number of aliphatic hydroxyl groups excluding tert-OH is 1. The van der Waals surface area contributed by atoms with Crippen LogP contribution in [0, 0.1) is 0 Å². The van der Waals surface area contributed by atoms with Gasteiger partial charge in [-0.25, -0.2) is 0 Å². The molecule has 1 N–H and O–H groups in total. The predicted molar refractivity (Wildman–Crippen MR) is 70.5 cm³/mol. The Morgan fingerprint density at radius 1 is 1.22 bits per heavy atom. The van der Waals surface area contributed by atoms with Gasteiger partial charge in [-0.05, 0) is 42.3 Å². The molecule has 1 atom stereocenters. The third kappa shape index (κ3) is 3.57. The highest BCUT2D eigenvalue weighted by molar-refractivity contribution is 5.29. The highest BCUT2D eigenvalue weighted by Crippen LogP contribution is 2.18. The van der Waals surface area contributed by atoms with Crippen molar-refractivity contribution in [3.63, 3.8) is 0 Å². The van der Waals surface area contributed by atoms with Gasteiger partial charge in [-0.2, -0.15) is 0 Å². The Morgan fingerprint density at radius 3 is 2.72 bits per heavy atom. The van der Waals surface area contributed by atoms with Crippen LogP contribution >= 0.6 is 0 Å². The van der Waals surface area contributed by atoms with Crippen LogP contribution in [0.15, 0.2) is 48.8 Å². The zero-order valence-electron chi connectivity index (χ0n) is 10.4. The van der Waals surface area contributed by atoms with Gasteiger partial charge < -0.3 is 9.84 Å². The summed E-state index contributed by atoms with van der Waals surface area (Å²) in [6.45, 7) is 2.36. The summed E-state index contributed by atoms with van der Waals surface area (Å²) in [4.78, 5) is 3.97. The molecule has 0 aliphatic carbocycles. The molecule has 2 aromatic rings. The number of aliphatic hydroxyl groups is 1. The third-order valence-electron chi connectivity index (χ3n) is 2.75. The molecule has 0 fully saturated rings. The Labute approximate surface area is 107 Å². The Bertz CT molecular complexity index is 483. The molecule has 1 aromatic heterocycles. The Hall–Kier alpha value is -1.87. The maximum Gasteiger partial charge on any atom is 0.119 e. The zero-order chi connectivity index (χ0) is 12.8. The van der Waals surface area contributed by atoms with Crippen LogP contribution in [0.2, 0.25) is 0 Å². The lowest BCUT2D eigenvalue weighted by atomic mass is 10.1. The molecule has 0 saturated carbocycles.